The molecule has 14 heavy (non-hydrogen) atoms. The first kappa shape index (κ1) is 9.43. The number of rotatable bonds is 3. The number of hydrogen-bond acceptors (Lipinski definition) is 3. The van der Waals surface area contributed by atoms with E-state index in [1.165, 1.54) is 0 Å². The van der Waals surface area contributed by atoms with Crippen LogP contribution in [0.4, 0.5) is 0 Å². The minimum absolute atomic E-state index is 0.0680. The van der Waals surface area contributed by atoms with Crippen LogP contribution >= 0.6 is 0 Å². The van der Waals surface area contributed by atoms with Crippen molar-refractivity contribution < 1.29 is 9.53 Å². The number of aromatic nitrogens is 1. The van der Waals surface area contributed by atoms with E-state index in [9.17, 15) is 4.79 Å². The molecular formula is C10H14N2O2. The molecule has 1 aromatic rings. The monoisotopic (exact) mass is 194 g/mol. The van der Waals surface area contributed by atoms with Crippen LogP contribution in [0.3, 0.4) is 0 Å². The fraction of sp³-hybridized carbons (Fsp3) is 0.500. The lowest BCUT2D eigenvalue weighted by molar-refractivity contribution is 0.0643. The highest BCUT2D eigenvalue weighted by atomic mass is 16.5. The van der Waals surface area contributed by atoms with Gasteiger partial charge in [-0.15, -0.1) is 0 Å². The first-order valence-electron chi connectivity index (χ1n) is 4.84. The van der Waals surface area contributed by atoms with Gasteiger partial charge in [0.15, 0.2) is 5.78 Å². The molecular weight excluding hydrogens is 180 g/mol. The van der Waals surface area contributed by atoms with Gasteiger partial charge in [0.25, 0.3) is 0 Å². The van der Waals surface area contributed by atoms with E-state index in [1.807, 2.05) is 0 Å². The molecule has 1 unspecified atom stereocenters. The maximum atomic E-state index is 11.8. The van der Waals surface area contributed by atoms with Crippen molar-refractivity contribution in [1.82, 2.24) is 4.98 Å². The Bertz CT molecular complexity index is 327. The molecule has 1 fully saturated rings. The van der Waals surface area contributed by atoms with Crippen molar-refractivity contribution in [3.8, 4) is 0 Å². The fourth-order valence-electron chi connectivity index (χ4n) is 1.67. The van der Waals surface area contributed by atoms with E-state index in [0.29, 0.717) is 18.7 Å². The molecule has 1 saturated heterocycles. The molecule has 0 bridgehead atoms. The number of aromatic amines is 1. The van der Waals surface area contributed by atoms with Crippen LogP contribution in [0.2, 0.25) is 0 Å². The molecule has 4 nitrogen and oxygen atoms in total. The third-order valence-corrected chi connectivity index (χ3v) is 2.47. The number of H-pyrrole nitrogens is 1. The molecule has 0 radical (unpaired) electrons. The lowest BCUT2D eigenvalue weighted by Gasteiger charge is -2.05. The molecule has 4 heteroatoms. The highest BCUT2D eigenvalue weighted by Gasteiger charge is 2.25. The van der Waals surface area contributed by atoms with E-state index in [-0.39, 0.29) is 11.9 Å². The molecule has 1 atom stereocenters. The van der Waals surface area contributed by atoms with Gasteiger partial charge in [-0.2, -0.15) is 0 Å². The Morgan fingerprint density at radius 1 is 1.71 bits per heavy atom. The molecule has 0 amide bonds. The molecule has 0 spiro atoms. The quantitative estimate of drug-likeness (QED) is 0.700. The van der Waals surface area contributed by atoms with E-state index in [0.717, 1.165) is 18.5 Å². The third-order valence-electron chi connectivity index (χ3n) is 2.47. The van der Waals surface area contributed by atoms with Gasteiger partial charge in [-0.05, 0) is 18.9 Å². The summed E-state index contributed by atoms with van der Waals surface area (Å²) in [5.41, 5.74) is 7.00. The average Bonchev–Trinajstić information content (AvgIpc) is 2.88. The Morgan fingerprint density at radius 3 is 3.14 bits per heavy atom. The van der Waals surface area contributed by atoms with Crippen molar-refractivity contribution in [3.05, 3.63) is 23.5 Å². The minimum Gasteiger partial charge on any atom is -0.370 e. The molecule has 2 rings (SSSR count). The summed E-state index contributed by atoms with van der Waals surface area (Å²) in [5, 5.41) is 0. The molecule has 0 saturated carbocycles. The van der Waals surface area contributed by atoms with Gasteiger partial charge < -0.3 is 15.5 Å². The molecule has 0 aromatic carbocycles. The summed E-state index contributed by atoms with van der Waals surface area (Å²) in [5.74, 6) is 0.0680. The highest BCUT2D eigenvalue weighted by molar-refractivity contribution is 5.99. The minimum atomic E-state index is -0.239. The van der Waals surface area contributed by atoms with Crippen molar-refractivity contribution in [2.24, 2.45) is 5.73 Å². The SMILES string of the molecule is NCc1cc(C(=O)C2CCCO2)c[nH]1. The van der Waals surface area contributed by atoms with E-state index in [4.69, 9.17) is 10.5 Å². The zero-order valence-corrected chi connectivity index (χ0v) is 7.95. The van der Waals surface area contributed by atoms with Crippen molar-refractivity contribution >= 4 is 5.78 Å². The first-order valence-corrected chi connectivity index (χ1v) is 4.84. The summed E-state index contributed by atoms with van der Waals surface area (Å²) in [7, 11) is 0. The molecule has 0 aliphatic carbocycles. The van der Waals surface area contributed by atoms with Crippen molar-refractivity contribution in [3.63, 3.8) is 0 Å². The Kier molecular flexibility index (Phi) is 2.65. The normalized spacial score (nSPS) is 21.4. The summed E-state index contributed by atoms with van der Waals surface area (Å²) >= 11 is 0. The molecule has 1 aromatic heterocycles. The summed E-state index contributed by atoms with van der Waals surface area (Å²) < 4.78 is 5.32. The second-order valence-corrected chi connectivity index (χ2v) is 3.48. The van der Waals surface area contributed by atoms with Gasteiger partial charge in [-0.3, -0.25) is 4.79 Å². The summed E-state index contributed by atoms with van der Waals surface area (Å²) in [4.78, 5) is 14.7. The Balaban J connectivity index is 2.09. The molecule has 3 N–H and O–H groups in total. The number of nitrogens with two attached hydrogens (primary N) is 1. The largest absolute Gasteiger partial charge is 0.370 e. The maximum absolute atomic E-state index is 11.8. The van der Waals surface area contributed by atoms with Gasteiger partial charge in [0.1, 0.15) is 6.10 Å². The molecule has 76 valence electrons. The van der Waals surface area contributed by atoms with Crippen molar-refractivity contribution in [2.75, 3.05) is 6.61 Å². The number of carbonyl (C=O) groups excluding carboxylic acids is 1. The van der Waals surface area contributed by atoms with Crippen molar-refractivity contribution in [1.29, 1.82) is 0 Å². The molecule has 1 aliphatic heterocycles. The number of nitrogens with one attached hydrogen (secondary N) is 1. The molecule has 2 heterocycles. The zero-order valence-electron chi connectivity index (χ0n) is 7.95. The van der Waals surface area contributed by atoms with Gasteiger partial charge in [0.2, 0.25) is 0 Å². The van der Waals surface area contributed by atoms with Crippen LogP contribution in [0.15, 0.2) is 12.3 Å². The van der Waals surface area contributed by atoms with Crippen LogP contribution in [0.25, 0.3) is 0 Å². The predicted molar refractivity (Wildman–Crippen MR) is 52.0 cm³/mol. The number of ether oxygens (including phenoxy) is 1. The fourth-order valence-corrected chi connectivity index (χ4v) is 1.67. The Labute approximate surface area is 82.4 Å². The topological polar surface area (TPSA) is 68.1 Å². The van der Waals surface area contributed by atoms with Gasteiger partial charge in [-0.25, -0.2) is 0 Å². The Morgan fingerprint density at radius 2 is 2.57 bits per heavy atom. The van der Waals surface area contributed by atoms with Crippen LogP contribution < -0.4 is 5.73 Å². The summed E-state index contributed by atoms with van der Waals surface area (Å²) in [6.45, 7) is 1.13. The molecule has 1 aliphatic rings. The standard InChI is InChI=1S/C10H14N2O2/c11-5-8-4-7(6-12-8)10(13)9-2-1-3-14-9/h4,6,9,12H,1-3,5,11H2. The number of ketones is 1. The maximum Gasteiger partial charge on any atom is 0.193 e. The number of Topliss-reactive ketones (excluding diaryl/α,β-unsaturated/α-hetero) is 1. The average molecular weight is 194 g/mol. The number of hydrogen-bond donors (Lipinski definition) is 2. The second-order valence-electron chi connectivity index (χ2n) is 3.48. The van der Waals surface area contributed by atoms with E-state index in [2.05, 4.69) is 4.98 Å². The summed E-state index contributed by atoms with van der Waals surface area (Å²) in [6.07, 6.45) is 3.27. The van der Waals surface area contributed by atoms with Crippen LogP contribution in [-0.4, -0.2) is 23.5 Å². The van der Waals surface area contributed by atoms with Gasteiger partial charge in [0, 0.05) is 30.6 Å². The van der Waals surface area contributed by atoms with Crippen LogP contribution in [0.1, 0.15) is 28.9 Å². The van der Waals surface area contributed by atoms with E-state index >= 15 is 0 Å². The van der Waals surface area contributed by atoms with Gasteiger partial charge >= 0.3 is 0 Å². The van der Waals surface area contributed by atoms with Crippen LogP contribution in [0, 0.1) is 0 Å². The predicted octanol–water partition coefficient (Wildman–Crippen LogP) is 0.835. The summed E-state index contributed by atoms with van der Waals surface area (Å²) in [6, 6.07) is 1.80. The third kappa shape index (κ3) is 1.71. The van der Waals surface area contributed by atoms with E-state index < -0.39 is 0 Å². The first-order chi connectivity index (χ1) is 6.81. The van der Waals surface area contributed by atoms with Gasteiger partial charge in [0.05, 0.1) is 0 Å². The van der Waals surface area contributed by atoms with E-state index in [1.54, 1.807) is 12.3 Å². The zero-order chi connectivity index (χ0) is 9.97. The van der Waals surface area contributed by atoms with Crippen LogP contribution in [-0.2, 0) is 11.3 Å². The van der Waals surface area contributed by atoms with Crippen molar-refractivity contribution in [2.45, 2.75) is 25.5 Å². The van der Waals surface area contributed by atoms with Gasteiger partial charge in [-0.1, -0.05) is 0 Å². The highest BCUT2D eigenvalue weighted by Crippen LogP contribution is 2.17. The lowest BCUT2D eigenvalue weighted by Crippen LogP contribution is -2.18. The second kappa shape index (κ2) is 3.94. The smallest absolute Gasteiger partial charge is 0.193 e. The Hall–Kier alpha value is -1.13. The van der Waals surface area contributed by atoms with Crippen LogP contribution in [0.5, 0.6) is 0 Å². The lowest BCUT2D eigenvalue weighted by atomic mass is 10.1. The number of carbonyl (C=O) groups is 1.